The molecule has 2 aromatic rings. The maximum absolute atomic E-state index is 9.47. The molecule has 0 aliphatic carbocycles. The Kier molecular flexibility index (Phi) is 4.82. The molecule has 1 heterocycles. The molecule has 4 N–H and O–H groups in total. The number of hydrogen-bond donors (Lipinski definition) is 4. The summed E-state index contributed by atoms with van der Waals surface area (Å²) in [5, 5.41) is 24.8. The van der Waals surface area contributed by atoms with Gasteiger partial charge in [0.1, 0.15) is 0 Å². The molecule has 1 aromatic heterocycles. The van der Waals surface area contributed by atoms with Gasteiger partial charge in [0.05, 0.1) is 0 Å². The highest BCUT2D eigenvalue weighted by Crippen LogP contribution is 2.25. The van der Waals surface area contributed by atoms with Crippen LogP contribution in [0, 0.1) is 0 Å². The first kappa shape index (κ1) is 15.6. The summed E-state index contributed by atoms with van der Waals surface area (Å²) in [5.41, 5.74) is 0.901. The smallest absolute Gasteiger partial charge is 0.231 e. The van der Waals surface area contributed by atoms with Crippen LogP contribution < -0.4 is 15.5 Å². The van der Waals surface area contributed by atoms with Gasteiger partial charge in [-0.25, -0.2) is 0 Å². The van der Waals surface area contributed by atoms with E-state index in [0.29, 0.717) is 30.8 Å². The van der Waals surface area contributed by atoms with E-state index in [4.69, 9.17) is 0 Å². The number of benzene rings is 1. The molecule has 22 heavy (non-hydrogen) atoms. The normalized spacial score (nSPS) is 10.3. The van der Waals surface area contributed by atoms with Crippen LogP contribution in [0.1, 0.15) is 5.56 Å². The minimum atomic E-state index is -0.122. The van der Waals surface area contributed by atoms with Gasteiger partial charge in [-0.1, -0.05) is 6.07 Å². The van der Waals surface area contributed by atoms with E-state index in [1.807, 2.05) is 14.1 Å². The first-order valence-electron chi connectivity index (χ1n) is 6.85. The van der Waals surface area contributed by atoms with Crippen LogP contribution in [-0.2, 0) is 6.42 Å². The molecule has 0 spiro atoms. The number of aromatic hydroxyl groups is 2. The number of phenolic OH excluding ortho intramolecular Hbond substituents is 2. The molecule has 0 unspecified atom stereocenters. The molecule has 8 nitrogen and oxygen atoms in total. The van der Waals surface area contributed by atoms with E-state index in [1.54, 1.807) is 18.0 Å². The topological polar surface area (TPSA) is 106 Å². The molecule has 0 saturated heterocycles. The largest absolute Gasteiger partial charge is 0.504 e. The molecule has 0 radical (unpaired) electrons. The van der Waals surface area contributed by atoms with E-state index in [9.17, 15) is 10.2 Å². The fourth-order valence-electron chi connectivity index (χ4n) is 1.80. The van der Waals surface area contributed by atoms with E-state index in [-0.39, 0.29) is 11.5 Å². The van der Waals surface area contributed by atoms with Crippen LogP contribution >= 0.6 is 0 Å². The SMILES string of the molecule is CNc1nc(NCCc2ccc(O)c(O)c2)nc(N(C)C)n1. The van der Waals surface area contributed by atoms with Gasteiger partial charge in [0.2, 0.25) is 17.8 Å². The molecular formula is C14H20N6O2. The first-order valence-corrected chi connectivity index (χ1v) is 6.85. The Bertz CT molecular complexity index is 647. The Morgan fingerprint density at radius 1 is 1.05 bits per heavy atom. The van der Waals surface area contributed by atoms with Crippen molar-refractivity contribution in [2.45, 2.75) is 6.42 Å². The highest BCUT2D eigenvalue weighted by molar-refractivity contribution is 5.43. The average molecular weight is 304 g/mol. The Labute approximate surface area is 128 Å². The van der Waals surface area contributed by atoms with Gasteiger partial charge in [0.25, 0.3) is 0 Å². The number of anilines is 3. The summed E-state index contributed by atoms with van der Waals surface area (Å²) in [6.07, 6.45) is 0.658. The third-order valence-electron chi connectivity index (χ3n) is 2.98. The van der Waals surface area contributed by atoms with Crippen LogP contribution in [0.25, 0.3) is 0 Å². The lowest BCUT2D eigenvalue weighted by atomic mass is 10.1. The van der Waals surface area contributed by atoms with Crippen molar-refractivity contribution < 1.29 is 10.2 Å². The molecule has 0 aliphatic rings. The number of nitrogens with one attached hydrogen (secondary N) is 2. The average Bonchev–Trinajstić information content (AvgIpc) is 2.50. The molecule has 1 aromatic carbocycles. The maximum atomic E-state index is 9.47. The highest BCUT2D eigenvalue weighted by atomic mass is 16.3. The van der Waals surface area contributed by atoms with Gasteiger partial charge >= 0.3 is 0 Å². The lowest BCUT2D eigenvalue weighted by Crippen LogP contribution is -2.17. The van der Waals surface area contributed by atoms with Gasteiger partial charge in [0, 0.05) is 27.7 Å². The number of hydrogen-bond acceptors (Lipinski definition) is 8. The van der Waals surface area contributed by atoms with Crippen LogP contribution in [0.15, 0.2) is 18.2 Å². The Hall–Kier alpha value is -2.77. The summed E-state index contributed by atoms with van der Waals surface area (Å²) in [4.78, 5) is 14.6. The van der Waals surface area contributed by atoms with Gasteiger partial charge < -0.3 is 25.7 Å². The van der Waals surface area contributed by atoms with E-state index >= 15 is 0 Å². The van der Waals surface area contributed by atoms with Crippen LogP contribution in [-0.4, -0.2) is 52.9 Å². The number of rotatable bonds is 6. The molecule has 2 rings (SSSR count). The van der Waals surface area contributed by atoms with Crippen molar-refractivity contribution in [2.24, 2.45) is 0 Å². The molecule has 0 bridgehead atoms. The summed E-state index contributed by atoms with van der Waals surface area (Å²) < 4.78 is 0. The fourth-order valence-corrected chi connectivity index (χ4v) is 1.80. The monoisotopic (exact) mass is 304 g/mol. The van der Waals surface area contributed by atoms with E-state index < -0.39 is 0 Å². The number of aromatic nitrogens is 3. The predicted molar refractivity (Wildman–Crippen MR) is 85.7 cm³/mol. The van der Waals surface area contributed by atoms with E-state index in [2.05, 4.69) is 25.6 Å². The van der Waals surface area contributed by atoms with Gasteiger partial charge in [-0.2, -0.15) is 15.0 Å². The summed E-state index contributed by atoms with van der Waals surface area (Å²) in [5.74, 6) is 1.28. The maximum Gasteiger partial charge on any atom is 0.231 e. The van der Waals surface area contributed by atoms with Crippen molar-refractivity contribution in [3.8, 4) is 11.5 Å². The zero-order valence-electron chi connectivity index (χ0n) is 12.8. The predicted octanol–water partition coefficient (Wildman–Crippen LogP) is 1.05. The molecule has 0 amide bonds. The summed E-state index contributed by atoms with van der Waals surface area (Å²) in [6, 6.07) is 4.76. The lowest BCUT2D eigenvalue weighted by Gasteiger charge is -2.13. The van der Waals surface area contributed by atoms with Gasteiger partial charge in [-0.05, 0) is 24.1 Å². The summed E-state index contributed by atoms with van der Waals surface area (Å²) in [7, 11) is 5.47. The second kappa shape index (κ2) is 6.79. The fraction of sp³-hybridized carbons (Fsp3) is 0.357. The molecule has 0 aliphatic heterocycles. The number of phenols is 2. The third kappa shape index (κ3) is 3.87. The Morgan fingerprint density at radius 3 is 2.41 bits per heavy atom. The first-order chi connectivity index (χ1) is 10.5. The summed E-state index contributed by atoms with van der Waals surface area (Å²) in [6.45, 7) is 0.588. The van der Waals surface area contributed by atoms with Crippen LogP contribution in [0.2, 0.25) is 0 Å². The highest BCUT2D eigenvalue weighted by Gasteiger charge is 2.07. The van der Waals surface area contributed by atoms with Crippen LogP contribution in [0.4, 0.5) is 17.8 Å². The van der Waals surface area contributed by atoms with Crippen LogP contribution in [0.3, 0.4) is 0 Å². The quantitative estimate of drug-likeness (QED) is 0.587. The van der Waals surface area contributed by atoms with Gasteiger partial charge in [0.15, 0.2) is 11.5 Å². The molecule has 0 saturated carbocycles. The van der Waals surface area contributed by atoms with Crippen molar-refractivity contribution in [2.75, 3.05) is 43.2 Å². The lowest BCUT2D eigenvalue weighted by molar-refractivity contribution is 0.403. The molecule has 118 valence electrons. The molecule has 0 fully saturated rings. The zero-order chi connectivity index (χ0) is 16.1. The van der Waals surface area contributed by atoms with Crippen molar-refractivity contribution in [1.29, 1.82) is 0 Å². The van der Waals surface area contributed by atoms with Gasteiger partial charge in [-0.3, -0.25) is 0 Å². The van der Waals surface area contributed by atoms with Crippen molar-refractivity contribution in [1.82, 2.24) is 15.0 Å². The molecule has 8 heteroatoms. The van der Waals surface area contributed by atoms with Gasteiger partial charge in [-0.15, -0.1) is 0 Å². The standard InChI is InChI=1S/C14H20N6O2/c1-15-12-17-13(19-14(18-12)20(2)3)16-7-6-9-4-5-10(21)11(22)8-9/h4-5,8,21-22H,6-7H2,1-3H3,(H2,15,16,17,18,19). The molecular weight excluding hydrogens is 284 g/mol. The Balaban J connectivity index is 2.01. The van der Waals surface area contributed by atoms with E-state index in [1.165, 1.54) is 12.1 Å². The second-order valence-electron chi connectivity index (χ2n) is 4.93. The number of nitrogens with zero attached hydrogens (tertiary/aromatic N) is 4. The Morgan fingerprint density at radius 2 is 1.77 bits per heavy atom. The minimum Gasteiger partial charge on any atom is -0.504 e. The molecule has 0 atom stereocenters. The van der Waals surface area contributed by atoms with Crippen molar-refractivity contribution >= 4 is 17.8 Å². The van der Waals surface area contributed by atoms with Crippen LogP contribution in [0.5, 0.6) is 11.5 Å². The second-order valence-corrected chi connectivity index (χ2v) is 4.93. The third-order valence-corrected chi connectivity index (χ3v) is 2.98. The van der Waals surface area contributed by atoms with Crippen molar-refractivity contribution in [3.05, 3.63) is 23.8 Å². The van der Waals surface area contributed by atoms with E-state index in [0.717, 1.165) is 5.56 Å². The van der Waals surface area contributed by atoms with Crippen molar-refractivity contribution in [3.63, 3.8) is 0 Å². The zero-order valence-corrected chi connectivity index (χ0v) is 12.8. The minimum absolute atomic E-state index is 0.120. The summed E-state index contributed by atoms with van der Waals surface area (Å²) >= 11 is 0.